The Balaban J connectivity index is 1.73. The number of amides is 2. The van der Waals surface area contributed by atoms with Crippen LogP contribution in [-0.4, -0.2) is 40.6 Å². The minimum atomic E-state index is -0.497. The summed E-state index contributed by atoms with van der Waals surface area (Å²) >= 11 is 0. The quantitative estimate of drug-likeness (QED) is 0.550. The van der Waals surface area contributed by atoms with Gasteiger partial charge in [-0.15, -0.1) is 0 Å². The SMILES string of the molecule is CC(C)OC(=O)Nc1ccc2c(c1)N(C(=O)CN1C(C)(C)CCCC1(C)C)c1ccccc1CC2. The first-order valence-electron chi connectivity index (χ1n) is 12.8. The summed E-state index contributed by atoms with van der Waals surface area (Å²) in [5.74, 6) is 0.0468. The zero-order valence-electron chi connectivity index (χ0n) is 22.0. The number of likely N-dealkylation sites (tertiary alicyclic amines) is 1. The van der Waals surface area contributed by atoms with Crippen LogP contribution in [0.1, 0.15) is 71.9 Å². The maximum Gasteiger partial charge on any atom is 0.411 e. The molecule has 0 bridgehead atoms. The zero-order chi connectivity index (χ0) is 25.4. The molecule has 1 N–H and O–H groups in total. The molecule has 1 saturated heterocycles. The van der Waals surface area contributed by atoms with Crippen molar-refractivity contribution in [1.82, 2.24) is 4.90 Å². The summed E-state index contributed by atoms with van der Waals surface area (Å²) in [6, 6.07) is 14.0. The second-order valence-electron chi connectivity index (χ2n) is 11.3. The van der Waals surface area contributed by atoms with Gasteiger partial charge in [0.25, 0.3) is 0 Å². The van der Waals surface area contributed by atoms with E-state index in [0.717, 1.165) is 48.2 Å². The van der Waals surface area contributed by atoms with Gasteiger partial charge >= 0.3 is 6.09 Å². The van der Waals surface area contributed by atoms with Crippen LogP contribution in [0.4, 0.5) is 21.9 Å². The number of benzene rings is 2. The third-order valence-corrected chi connectivity index (χ3v) is 7.39. The molecule has 2 aromatic rings. The van der Waals surface area contributed by atoms with Gasteiger partial charge in [0.05, 0.1) is 24.0 Å². The predicted molar refractivity (Wildman–Crippen MR) is 141 cm³/mol. The van der Waals surface area contributed by atoms with Crippen molar-refractivity contribution in [2.75, 3.05) is 16.8 Å². The number of piperidine rings is 1. The Morgan fingerprint density at radius 1 is 0.943 bits per heavy atom. The highest BCUT2D eigenvalue weighted by molar-refractivity contribution is 6.04. The highest BCUT2D eigenvalue weighted by Crippen LogP contribution is 2.41. The lowest BCUT2D eigenvalue weighted by molar-refractivity contribution is -0.125. The lowest BCUT2D eigenvalue weighted by Gasteiger charge is -2.53. The summed E-state index contributed by atoms with van der Waals surface area (Å²) < 4.78 is 5.26. The number of hydrogen-bond acceptors (Lipinski definition) is 4. The number of fused-ring (bicyclic) bond motifs is 2. The zero-order valence-corrected chi connectivity index (χ0v) is 22.0. The molecule has 6 nitrogen and oxygen atoms in total. The van der Waals surface area contributed by atoms with Crippen molar-refractivity contribution < 1.29 is 14.3 Å². The highest BCUT2D eigenvalue weighted by Gasteiger charge is 2.43. The Labute approximate surface area is 209 Å². The molecule has 0 aliphatic carbocycles. The van der Waals surface area contributed by atoms with E-state index in [9.17, 15) is 9.59 Å². The fourth-order valence-electron chi connectivity index (χ4n) is 5.71. The number of rotatable bonds is 4. The van der Waals surface area contributed by atoms with E-state index in [1.165, 1.54) is 6.42 Å². The smallest absolute Gasteiger partial charge is 0.411 e. The molecule has 0 spiro atoms. The lowest BCUT2D eigenvalue weighted by atomic mass is 9.80. The number of carbonyl (C=O) groups is 2. The number of anilines is 3. The number of carbonyl (C=O) groups excluding carboxylic acids is 2. The molecule has 188 valence electrons. The van der Waals surface area contributed by atoms with Crippen LogP contribution in [0, 0.1) is 0 Å². The Kier molecular flexibility index (Phi) is 6.96. The van der Waals surface area contributed by atoms with Crippen LogP contribution in [0.25, 0.3) is 0 Å². The van der Waals surface area contributed by atoms with Crippen LogP contribution in [0.2, 0.25) is 0 Å². The summed E-state index contributed by atoms with van der Waals surface area (Å²) in [6.45, 7) is 12.9. The monoisotopic (exact) mass is 477 g/mol. The standard InChI is InChI=1S/C29H39N3O3/c1-20(2)35-27(34)30-23-15-14-22-13-12-21-10-7-8-11-24(21)32(25(22)18-23)26(33)19-31-28(3,4)16-9-17-29(31,5)6/h7-8,10-11,14-15,18,20H,9,12-13,16-17,19H2,1-6H3,(H,30,34). The fourth-order valence-corrected chi connectivity index (χ4v) is 5.71. The summed E-state index contributed by atoms with van der Waals surface area (Å²) in [4.78, 5) is 30.7. The van der Waals surface area contributed by atoms with Crippen molar-refractivity contribution in [3.63, 3.8) is 0 Å². The molecule has 0 saturated carbocycles. The third kappa shape index (κ3) is 5.37. The van der Waals surface area contributed by atoms with Gasteiger partial charge in [-0.25, -0.2) is 4.79 Å². The molecule has 2 amide bonds. The summed E-state index contributed by atoms with van der Waals surface area (Å²) in [5.41, 5.74) is 4.49. The van der Waals surface area contributed by atoms with Crippen LogP contribution in [0.15, 0.2) is 42.5 Å². The van der Waals surface area contributed by atoms with Gasteiger partial charge in [0.1, 0.15) is 0 Å². The molecule has 0 atom stereocenters. The highest BCUT2D eigenvalue weighted by atomic mass is 16.6. The first-order chi connectivity index (χ1) is 16.5. The van der Waals surface area contributed by atoms with E-state index in [1.807, 2.05) is 55.1 Å². The summed E-state index contributed by atoms with van der Waals surface area (Å²) in [6.07, 6.45) is 4.29. The van der Waals surface area contributed by atoms with Crippen molar-refractivity contribution in [3.05, 3.63) is 53.6 Å². The van der Waals surface area contributed by atoms with Crippen LogP contribution >= 0.6 is 0 Å². The molecule has 35 heavy (non-hydrogen) atoms. The minimum Gasteiger partial charge on any atom is -0.447 e. The first-order valence-corrected chi connectivity index (χ1v) is 12.8. The van der Waals surface area contributed by atoms with Gasteiger partial charge in [-0.05, 0) is 103 Å². The number of aryl methyl sites for hydroxylation is 2. The number of nitrogens with one attached hydrogen (secondary N) is 1. The molecular weight excluding hydrogens is 438 g/mol. The average molecular weight is 478 g/mol. The fraction of sp³-hybridized carbons (Fsp3) is 0.517. The summed E-state index contributed by atoms with van der Waals surface area (Å²) in [7, 11) is 0. The molecule has 4 rings (SSSR count). The molecule has 2 aliphatic rings. The molecule has 0 unspecified atom stereocenters. The number of nitrogens with zero attached hydrogens (tertiary/aromatic N) is 2. The van der Waals surface area contributed by atoms with E-state index in [-0.39, 0.29) is 23.1 Å². The van der Waals surface area contributed by atoms with Crippen molar-refractivity contribution in [1.29, 1.82) is 0 Å². The Morgan fingerprint density at radius 3 is 2.23 bits per heavy atom. The van der Waals surface area contributed by atoms with Gasteiger partial charge in [-0.3, -0.25) is 19.9 Å². The molecule has 6 heteroatoms. The molecule has 2 aromatic carbocycles. The minimum absolute atomic E-state index is 0.0468. The Hall–Kier alpha value is -2.86. The Bertz CT molecular complexity index is 1090. The second-order valence-corrected chi connectivity index (χ2v) is 11.3. The second kappa shape index (κ2) is 9.65. The van der Waals surface area contributed by atoms with Gasteiger partial charge in [0, 0.05) is 16.8 Å². The third-order valence-electron chi connectivity index (χ3n) is 7.39. The molecule has 0 aromatic heterocycles. The average Bonchev–Trinajstić information content (AvgIpc) is 2.92. The van der Waals surface area contributed by atoms with Crippen LogP contribution in [-0.2, 0) is 22.4 Å². The van der Waals surface area contributed by atoms with Crippen LogP contribution in [0.3, 0.4) is 0 Å². The largest absolute Gasteiger partial charge is 0.447 e. The summed E-state index contributed by atoms with van der Waals surface area (Å²) in [5, 5.41) is 2.83. The maximum absolute atomic E-state index is 14.2. The van der Waals surface area contributed by atoms with Crippen molar-refractivity contribution in [2.24, 2.45) is 0 Å². The molecule has 0 radical (unpaired) electrons. The van der Waals surface area contributed by atoms with Crippen LogP contribution in [0.5, 0.6) is 0 Å². The van der Waals surface area contributed by atoms with Crippen LogP contribution < -0.4 is 10.2 Å². The van der Waals surface area contributed by atoms with E-state index < -0.39 is 6.09 Å². The number of hydrogen-bond donors (Lipinski definition) is 1. The van der Waals surface area contributed by atoms with Gasteiger partial charge in [0.15, 0.2) is 0 Å². The van der Waals surface area contributed by atoms with Gasteiger partial charge in [-0.2, -0.15) is 0 Å². The molecule has 2 heterocycles. The predicted octanol–water partition coefficient (Wildman–Crippen LogP) is 6.45. The van der Waals surface area contributed by atoms with Gasteiger partial charge in [0.2, 0.25) is 5.91 Å². The molecule has 2 aliphatic heterocycles. The van der Waals surface area contributed by atoms with E-state index in [4.69, 9.17) is 4.74 Å². The topological polar surface area (TPSA) is 61.9 Å². The van der Waals surface area contributed by atoms with E-state index in [1.54, 1.807) is 0 Å². The van der Waals surface area contributed by atoms with Gasteiger partial charge < -0.3 is 4.74 Å². The molecular formula is C29H39N3O3. The van der Waals surface area contributed by atoms with E-state index >= 15 is 0 Å². The number of ether oxygens (including phenoxy) is 1. The Morgan fingerprint density at radius 2 is 1.57 bits per heavy atom. The number of para-hydroxylation sites is 1. The van der Waals surface area contributed by atoms with Gasteiger partial charge in [-0.1, -0.05) is 24.3 Å². The lowest BCUT2D eigenvalue weighted by Crippen LogP contribution is -2.61. The van der Waals surface area contributed by atoms with Crippen molar-refractivity contribution in [3.8, 4) is 0 Å². The normalized spacial score (nSPS) is 18.9. The van der Waals surface area contributed by atoms with Crippen molar-refractivity contribution >= 4 is 29.1 Å². The van der Waals surface area contributed by atoms with Crippen molar-refractivity contribution in [2.45, 2.75) is 90.8 Å². The first kappa shape index (κ1) is 25.2. The van der Waals surface area contributed by atoms with E-state index in [0.29, 0.717) is 12.2 Å². The molecule has 1 fully saturated rings. The maximum atomic E-state index is 14.2. The van der Waals surface area contributed by atoms with E-state index in [2.05, 4.69) is 44.0 Å².